The van der Waals surface area contributed by atoms with Crippen LogP contribution in [0.5, 0.6) is 11.5 Å². The van der Waals surface area contributed by atoms with Crippen molar-refractivity contribution in [3.05, 3.63) is 18.2 Å². The normalized spacial score (nSPS) is 14.7. The Morgan fingerprint density at radius 3 is 2.46 bits per heavy atom. The molecule has 26 heavy (non-hydrogen) atoms. The van der Waals surface area contributed by atoms with E-state index in [4.69, 9.17) is 9.47 Å². The largest absolute Gasteiger partial charge is 0.490 e. The van der Waals surface area contributed by atoms with E-state index in [-0.39, 0.29) is 24.4 Å². The van der Waals surface area contributed by atoms with Crippen LogP contribution in [0.4, 0.5) is 5.69 Å². The van der Waals surface area contributed by atoms with Crippen LogP contribution in [-0.2, 0) is 9.59 Å². The average Bonchev–Trinajstić information content (AvgIpc) is 3.40. The third-order valence-corrected chi connectivity index (χ3v) is 4.18. The van der Waals surface area contributed by atoms with Crippen LogP contribution in [0.2, 0.25) is 0 Å². The zero-order chi connectivity index (χ0) is 19.1. The summed E-state index contributed by atoms with van der Waals surface area (Å²) in [6, 6.07) is 5.25. The summed E-state index contributed by atoms with van der Waals surface area (Å²) in [5.74, 6) is 1.01. The maximum Gasteiger partial charge on any atom is 0.238 e. The van der Waals surface area contributed by atoms with Crippen molar-refractivity contribution in [3.63, 3.8) is 0 Å². The van der Waals surface area contributed by atoms with Gasteiger partial charge in [0, 0.05) is 17.8 Å². The first kappa shape index (κ1) is 20.0. The van der Waals surface area contributed by atoms with Gasteiger partial charge < -0.3 is 20.1 Å². The van der Waals surface area contributed by atoms with Gasteiger partial charge in [0.2, 0.25) is 11.8 Å². The van der Waals surface area contributed by atoms with Crippen molar-refractivity contribution < 1.29 is 19.1 Å². The summed E-state index contributed by atoms with van der Waals surface area (Å²) in [6.45, 7) is 6.77. The summed E-state index contributed by atoms with van der Waals surface area (Å²) in [6.07, 6.45) is 2.09. The quantitative estimate of drug-likeness (QED) is 0.665. The van der Waals surface area contributed by atoms with Crippen LogP contribution < -0.4 is 20.1 Å². The number of carbonyl (C=O) groups is 2. The van der Waals surface area contributed by atoms with E-state index in [1.54, 1.807) is 37.1 Å². The fraction of sp³-hybridized carbons (Fsp3) is 0.579. The third kappa shape index (κ3) is 5.91. The van der Waals surface area contributed by atoms with Gasteiger partial charge in [-0.05, 0) is 52.8 Å². The van der Waals surface area contributed by atoms with Gasteiger partial charge >= 0.3 is 0 Å². The second-order valence-electron chi connectivity index (χ2n) is 6.45. The first-order valence-electron chi connectivity index (χ1n) is 9.14. The standard InChI is InChI=1S/C19H29N3O4/c1-5-25-16-10-9-15(11-17(16)26-6-2)20-18(23)12-22(4)13(3)19(24)21-14-7-8-14/h9-11,13-14H,5-8,12H2,1-4H3,(H,20,23)(H,21,24)/t13-/m1/s1. The minimum absolute atomic E-state index is 0.0394. The molecule has 1 aromatic rings. The molecule has 0 heterocycles. The molecule has 0 radical (unpaired) electrons. The predicted molar refractivity (Wildman–Crippen MR) is 101 cm³/mol. The van der Waals surface area contributed by atoms with E-state index in [9.17, 15) is 9.59 Å². The summed E-state index contributed by atoms with van der Waals surface area (Å²) < 4.78 is 11.1. The lowest BCUT2D eigenvalue weighted by molar-refractivity contribution is -0.126. The average molecular weight is 363 g/mol. The van der Waals surface area contributed by atoms with Gasteiger partial charge in [-0.1, -0.05) is 0 Å². The number of amides is 2. The van der Waals surface area contributed by atoms with E-state index < -0.39 is 0 Å². The summed E-state index contributed by atoms with van der Waals surface area (Å²) in [4.78, 5) is 26.1. The molecule has 0 unspecified atom stereocenters. The molecule has 0 saturated heterocycles. The van der Waals surface area contributed by atoms with Crippen LogP contribution in [0.3, 0.4) is 0 Å². The minimum Gasteiger partial charge on any atom is -0.490 e. The maximum absolute atomic E-state index is 12.3. The van der Waals surface area contributed by atoms with Gasteiger partial charge in [-0.2, -0.15) is 0 Å². The van der Waals surface area contributed by atoms with Crippen molar-refractivity contribution in [2.24, 2.45) is 0 Å². The van der Waals surface area contributed by atoms with Crippen LogP contribution in [0.15, 0.2) is 18.2 Å². The first-order valence-corrected chi connectivity index (χ1v) is 9.14. The molecule has 0 aliphatic heterocycles. The summed E-state index contributed by atoms with van der Waals surface area (Å²) in [5, 5.41) is 5.79. The smallest absolute Gasteiger partial charge is 0.238 e. The number of hydrogen-bond donors (Lipinski definition) is 2. The highest BCUT2D eigenvalue weighted by molar-refractivity contribution is 5.93. The van der Waals surface area contributed by atoms with Gasteiger partial charge in [0.25, 0.3) is 0 Å². The third-order valence-electron chi connectivity index (χ3n) is 4.18. The van der Waals surface area contributed by atoms with E-state index in [0.29, 0.717) is 36.4 Å². The zero-order valence-corrected chi connectivity index (χ0v) is 16.0. The predicted octanol–water partition coefficient (Wildman–Crippen LogP) is 2.02. The molecule has 1 saturated carbocycles. The van der Waals surface area contributed by atoms with Crippen molar-refractivity contribution in [2.75, 3.05) is 32.1 Å². The number of carbonyl (C=O) groups excluding carboxylic acids is 2. The first-order chi connectivity index (χ1) is 12.4. The lowest BCUT2D eigenvalue weighted by Crippen LogP contribution is -2.46. The highest BCUT2D eigenvalue weighted by Gasteiger charge is 2.27. The molecule has 7 nitrogen and oxygen atoms in total. The molecule has 144 valence electrons. The van der Waals surface area contributed by atoms with Crippen LogP contribution in [0, 0.1) is 0 Å². The number of anilines is 1. The van der Waals surface area contributed by atoms with E-state index in [2.05, 4.69) is 10.6 Å². The van der Waals surface area contributed by atoms with E-state index in [1.807, 2.05) is 13.8 Å². The Morgan fingerprint density at radius 2 is 1.85 bits per heavy atom. The van der Waals surface area contributed by atoms with Crippen LogP contribution in [0.25, 0.3) is 0 Å². The number of hydrogen-bond acceptors (Lipinski definition) is 5. The Morgan fingerprint density at radius 1 is 1.19 bits per heavy atom. The monoisotopic (exact) mass is 363 g/mol. The molecular weight excluding hydrogens is 334 g/mol. The number of likely N-dealkylation sites (N-methyl/N-ethyl adjacent to an activating group) is 1. The Bertz CT molecular complexity index is 631. The number of rotatable bonds is 10. The van der Waals surface area contributed by atoms with Gasteiger partial charge in [-0.15, -0.1) is 0 Å². The fourth-order valence-electron chi connectivity index (χ4n) is 2.44. The molecule has 1 fully saturated rings. The van der Waals surface area contributed by atoms with Crippen LogP contribution in [-0.4, -0.2) is 55.6 Å². The molecule has 0 spiro atoms. The number of nitrogens with zero attached hydrogens (tertiary/aromatic N) is 1. The summed E-state index contributed by atoms with van der Waals surface area (Å²) >= 11 is 0. The van der Waals surface area contributed by atoms with Gasteiger partial charge in [-0.25, -0.2) is 0 Å². The molecule has 2 N–H and O–H groups in total. The number of benzene rings is 1. The van der Waals surface area contributed by atoms with Crippen LogP contribution in [0.1, 0.15) is 33.6 Å². The van der Waals surface area contributed by atoms with E-state index in [1.165, 1.54) is 0 Å². The molecule has 1 aliphatic carbocycles. The van der Waals surface area contributed by atoms with Crippen molar-refractivity contribution in [1.29, 1.82) is 0 Å². The molecule has 2 rings (SSSR count). The van der Waals surface area contributed by atoms with Crippen molar-refractivity contribution in [1.82, 2.24) is 10.2 Å². The molecule has 7 heteroatoms. The van der Waals surface area contributed by atoms with Gasteiger partial charge in [0.1, 0.15) is 0 Å². The lowest BCUT2D eigenvalue weighted by Gasteiger charge is -2.23. The SMILES string of the molecule is CCOc1ccc(NC(=O)CN(C)[C@H](C)C(=O)NC2CC2)cc1OCC. The summed E-state index contributed by atoms with van der Waals surface area (Å²) in [5.41, 5.74) is 0.630. The van der Waals surface area contributed by atoms with Crippen molar-refractivity contribution in [3.8, 4) is 11.5 Å². The molecule has 1 aliphatic rings. The second kappa shape index (κ2) is 9.43. The topological polar surface area (TPSA) is 79.9 Å². The Balaban J connectivity index is 1.91. The van der Waals surface area contributed by atoms with E-state index in [0.717, 1.165) is 12.8 Å². The molecule has 2 amide bonds. The molecule has 0 bridgehead atoms. The van der Waals surface area contributed by atoms with E-state index >= 15 is 0 Å². The molecular formula is C19H29N3O4. The van der Waals surface area contributed by atoms with Crippen molar-refractivity contribution in [2.45, 2.75) is 45.7 Å². The second-order valence-corrected chi connectivity index (χ2v) is 6.45. The Labute approximate surface area is 155 Å². The Hall–Kier alpha value is -2.28. The molecule has 1 aromatic carbocycles. The van der Waals surface area contributed by atoms with Gasteiger partial charge in [-0.3, -0.25) is 14.5 Å². The number of nitrogens with one attached hydrogen (secondary N) is 2. The molecule has 0 aromatic heterocycles. The Kier molecular flexibility index (Phi) is 7.26. The summed E-state index contributed by atoms with van der Waals surface area (Å²) in [7, 11) is 1.76. The number of ether oxygens (including phenoxy) is 2. The molecule has 1 atom stereocenters. The van der Waals surface area contributed by atoms with Crippen molar-refractivity contribution >= 4 is 17.5 Å². The fourth-order valence-corrected chi connectivity index (χ4v) is 2.44. The highest BCUT2D eigenvalue weighted by Crippen LogP contribution is 2.30. The van der Waals surface area contributed by atoms with Gasteiger partial charge in [0.15, 0.2) is 11.5 Å². The highest BCUT2D eigenvalue weighted by atomic mass is 16.5. The van der Waals surface area contributed by atoms with Gasteiger partial charge in [0.05, 0.1) is 25.8 Å². The lowest BCUT2D eigenvalue weighted by atomic mass is 10.2. The maximum atomic E-state index is 12.3. The zero-order valence-electron chi connectivity index (χ0n) is 16.0. The minimum atomic E-state index is -0.360. The van der Waals surface area contributed by atoms with Crippen LogP contribution >= 0.6 is 0 Å².